The lowest BCUT2D eigenvalue weighted by atomic mass is 10.1. The van der Waals surface area contributed by atoms with Gasteiger partial charge >= 0.3 is 5.97 Å². The molecule has 2 aromatic rings. The average molecular weight is 301 g/mol. The Morgan fingerprint density at radius 3 is 3.00 bits per heavy atom. The van der Waals surface area contributed by atoms with Crippen molar-refractivity contribution in [3.05, 3.63) is 35.5 Å². The van der Waals surface area contributed by atoms with Crippen LogP contribution in [0.3, 0.4) is 0 Å². The monoisotopic (exact) mass is 301 g/mol. The van der Waals surface area contributed by atoms with E-state index in [9.17, 15) is 9.59 Å². The van der Waals surface area contributed by atoms with Crippen molar-refractivity contribution >= 4 is 22.7 Å². The summed E-state index contributed by atoms with van der Waals surface area (Å²) in [5.41, 5.74) is 2.69. The number of H-pyrrole nitrogens is 1. The highest BCUT2D eigenvalue weighted by Gasteiger charge is 2.26. The first-order valence-corrected chi connectivity index (χ1v) is 7.61. The maximum Gasteiger partial charge on any atom is 0.335 e. The van der Waals surface area contributed by atoms with Crippen LogP contribution >= 0.6 is 0 Å². The second kappa shape index (κ2) is 6.32. The van der Waals surface area contributed by atoms with E-state index in [2.05, 4.69) is 11.9 Å². The Morgan fingerprint density at radius 2 is 2.27 bits per heavy atom. The lowest BCUT2D eigenvalue weighted by molar-refractivity contribution is -0.153. The number of ether oxygens (including phenoxy) is 2. The third kappa shape index (κ3) is 2.76. The van der Waals surface area contributed by atoms with Gasteiger partial charge in [-0.3, -0.25) is 4.79 Å². The van der Waals surface area contributed by atoms with Crippen LogP contribution in [0.2, 0.25) is 0 Å². The molecule has 1 atom stereocenters. The lowest BCUT2D eigenvalue weighted by Crippen LogP contribution is -2.24. The molecule has 1 aliphatic heterocycles. The molecule has 1 aromatic carbocycles. The predicted octanol–water partition coefficient (Wildman–Crippen LogP) is 2.64. The highest BCUT2D eigenvalue weighted by molar-refractivity contribution is 6.09. The molecular formula is C17H19NO4. The highest BCUT2D eigenvalue weighted by atomic mass is 16.6. The normalized spacial score (nSPS) is 17.8. The summed E-state index contributed by atoms with van der Waals surface area (Å²) in [5, 5.41) is 0.873. The average Bonchev–Trinajstić information content (AvgIpc) is 3.20. The number of ketones is 1. The van der Waals surface area contributed by atoms with Crippen LogP contribution in [0.5, 0.6) is 0 Å². The summed E-state index contributed by atoms with van der Waals surface area (Å²) in [6, 6.07) is 5.87. The van der Waals surface area contributed by atoms with Crippen LogP contribution < -0.4 is 0 Å². The topological polar surface area (TPSA) is 68.4 Å². The number of aryl methyl sites for hydroxylation is 1. The standard InChI is InChI=1S/C17H19NO4/c1-2-11-5-3-6-12-13(9-18-16(11)12)14(19)10-22-17(20)15-7-4-8-21-15/h3,5-6,9,15,18H,2,4,7-8,10H2,1H3/t15-/m1/s1. The molecule has 1 N–H and O–H groups in total. The van der Waals surface area contributed by atoms with Gasteiger partial charge in [-0.25, -0.2) is 4.79 Å². The van der Waals surface area contributed by atoms with Crippen molar-refractivity contribution in [2.75, 3.05) is 13.2 Å². The molecule has 1 aliphatic rings. The number of aromatic nitrogens is 1. The van der Waals surface area contributed by atoms with Gasteiger partial charge in [-0.05, 0) is 24.8 Å². The summed E-state index contributed by atoms with van der Waals surface area (Å²) in [6.07, 6.45) is 3.59. The van der Waals surface area contributed by atoms with Gasteiger partial charge in [0.15, 0.2) is 12.7 Å². The Bertz CT molecular complexity index is 698. The molecule has 0 amide bonds. The molecule has 116 valence electrons. The van der Waals surface area contributed by atoms with Gasteiger partial charge in [0.25, 0.3) is 0 Å². The number of Topliss-reactive ketones (excluding diaryl/α,β-unsaturated/α-hetero) is 1. The van der Waals surface area contributed by atoms with Gasteiger partial charge in [-0.15, -0.1) is 0 Å². The van der Waals surface area contributed by atoms with E-state index in [-0.39, 0.29) is 12.4 Å². The number of esters is 1. The van der Waals surface area contributed by atoms with Gasteiger partial charge in [0, 0.05) is 29.3 Å². The summed E-state index contributed by atoms with van der Waals surface area (Å²) in [6.45, 7) is 2.40. The minimum absolute atomic E-state index is 0.203. The zero-order valence-electron chi connectivity index (χ0n) is 12.6. The van der Waals surface area contributed by atoms with Crippen molar-refractivity contribution in [2.45, 2.75) is 32.3 Å². The minimum atomic E-state index is -0.512. The van der Waals surface area contributed by atoms with Crippen molar-refractivity contribution < 1.29 is 19.1 Å². The van der Waals surface area contributed by atoms with E-state index in [1.165, 1.54) is 0 Å². The SMILES string of the molecule is CCc1cccc2c(C(=O)COC(=O)[C@H]3CCCO3)c[nH]c12. The van der Waals surface area contributed by atoms with E-state index in [1.807, 2.05) is 18.2 Å². The molecule has 1 fully saturated rings. The van der Waals surface area contributed by atoms with Gasteiger partial charge in [-0.2, -0.15) is 0 Å². The molecule has 1 saturated heterocycles. The largest absolute Gasteiger partial charge is 0.455 e. The molecule has 0 bridgehead atoms. The summed E-state index contributed by atoms with van der Waals surface area (Å²) in [4.78, 5) is 27.2. The Kier molecular flexibility index (Phi) is 4.24. The molecule has 2 heterocycles. The van der Waals surface area contributed by atoms with Crippen LogP contribution in [0.4, 0.5) is 0 Å². The molecule has 0 spiro atoms. The molecule has 0 saturated carbocycles. The van der Waals surface area contributed by atoms with Crippen molar-refractivity contribution in [2.24, 2.45) is 0 Å². The van der Waals surface area contributed by atoms with Crippen molar-refractivity contribution in [1.29, 1.82) is 0 Å². The van der Waals surface area contributed by atoms with E-state index in [0.717, 1.165) is 29.3 Å². The summed E-state index contributed by atoms with van der Waals surface area (Å²) in [5.74, 6) is -0.647. The quantitative estimate of drug-likeness (QED) is 0.681. The van der Waals surface area contributed by atoms with Crippen molar-refractivity contribution in [1.82, 2.24) is 4.98 Å². The Morgan fingerprint density at radius 1 is 1.41 bits per heavy atom. The number of carbonyl (C=O) groups excluding carboxylic acids is 2. The van der Waals surface area contributed by atoms with Crippen LogP contribution in [0.15, 0.2) is 24.4 Å². The second-order valence-corrected chi connectivity index (χ2v) is 5.43. The number of aromatic amines is 1. The van der Waals surface area contributed by atoms with E-state index in [0.29, 0.717) is 18.6 Å². The zero-order chi connectivity index (χ0) is 15.5. The molecule has 0 radical (unpaired) electrons. The van der Waals surface area contributed by atoms with Crippen molar-refractivity contribution in [3.8, 4) is 0 Å². The minimum Gasteiger partial charge on any atom is -0.455 e. The predicted molar refractivity (Wildman–Crippen MR) is 81.9 cm³/mol. The summed E-state index contributed by atoms with van der Waals surface area (Å²) in [7, 11) is 0. The van der Waals surface area contributed by atoms with Crippen LogP contribution in [0.25, 0.3) is 10.9 Å². The second-order valence-electron chi connectivity index (χ2n) is 5.43. The molecule has 5 heteroatoms. The molecule has 0 aliphatic carbocycles. The highest BCUT2D eigenvalue weighted by Crippen LogP contribution is 2.23. The van der Waals surface area contributed by atoms with Gasteiger partial charge in [-0.1, -0.05) is 25.1 Å². The number of fused-ring (bicyclic) bond motifs is 1. The van der Waals surface area contributed by atoms with Gasteiger partial charge < -0.3 is 14.5 Å². The third-order valence-corrected chi connectivity index (χ3v) is 4.02. The molecule has 0 unspecified atom stereocenters. The Labute approximate surface area is 128 Å². The van der Waals surface area contributed by atoms with Crippen molar-refractivity contribution in [3.63, 3.8) is 0 Å². The number of hydrogen-bond donors (Lipinski definition) is 1. The first-order chi connectivity index (χ1) is 10.7. The van der Waals surface area contributed by atoms with E-state index in [1.54, 1.807) is 6.20 Å². The molecular weight excluding hydrogens is 282 g/mol. The van der Waals surface area contributed by atoms with E-state index < -0.39 is 12.1 Å². The van der Waals surface area contributed by atoms with Gasteiger partial charge in [0.2, 0.25) is 5.78 Å². The summed E-state index contributed by atoms with van der Waals surface area (Å²) >= 11 is 0. The number of para-hydroxylation sites is 1. The maximum atomic E-state index is 12.3. The fraction of sp³-hybridized carbons (Fsp3) is 0.412. The number of benzene rings is 1. The van der Waals surface area contributed by atoms with Crippen LogP contribution in [0.1, 0.15) is 35.7 Å². The number of carbonyl (C=O) groups is 2. The third-order valence-electron chi connectivity index (χ3n) is 4.02. The van der Waals surface area contributed by atoms with E-state index in [4.69, 9.17) is 9.47 Å². The summed E-state index contributed by atoms with van der Waals surface area (Å²) < 4.78 is 10.3. The van der Waals surface area contributed by atoms with Crippen LogP contribution in [-0.2, 0) is 20.7 Å². The van der Waals surface area contributed by atoms with E-state index >= 15 is 0 Å². The fourth-order valence-electron chi connectivity index (χ4n) is 2.81. The van der Waals surface area contributed by atoms with Crippen LogP contribution in [0, 0.1) is 0 Å². The smallest absolute Gasteiger partial charge is 0.335 e. The van der Waals surface area contributed by atoms with Gasteiger partial charge in [0.1, 0.15) is 0 Å². The molecule has 3 rings (SSSR count). The first kappa shape index (κ1) is 14.8. The van der Waals surface area contributed by atoms with Crippen LogP contribution in [-0.4, -0.2) is 36.1 Å². The first-order valence-electron chi connectivity index (χ1n) is 7.61. The number of rotatable bonds is 5. The molecule has 5 nitrogen and oxygen atoms in total. The fourth-order valence-corrected chi connectivity index (χ4v) is 2.81. The molecule has 22 heavy (non-hydrogen) atoms. The molecule has 1 aromatic heterocycles. The Balaban J connectivity index is 1.71. The lowest BCUT2D eigenvalue weighted by Gasteiger charge is -2.08. The zero-order valence-corrected chi connectivity index (χ0v) is 12.6. The maximum absolute atomic E-state index is 12.3. The number of hydrogen-bond acceptors (Lipinski definition) is 4. The van der Waals surface area contributed by atoms with Gasteiger partial charge in [0.05, 0.1) is 0 Å². The Hall–Kier alpha value is -2.14. The number of nitrogens with one attached hydrogen (secondary N) is 1.